The first-order valence-electron chi connectivity index (χ1n) is 9.82. The number of thioether (sulfide) groups is 1. The number of carbonyl (C=O) groups excluding carboxylic acids is 2. The largest absolute Gasteiger partial charge is 0.307 e. The standard InChI is InChI=1S/C21H19FN2O3S2/c1-21(2)14-10-7-11(15(14)28-17-16(21)29-20(27)23-17)13-12(10)18(25)24(19(13)26)9-5-3-8(22)4-6-9/h3-6,10-15H,7H2,1-2H3,(H,23,27)/t10-,11-,12+,13+,14-,15+/m0/s1. The molecule has 29 heavy (non-hydrogen) atoms. The number of fused-ring (bicyclic) bond motifs is 9. The molecule has 0 radical (unpaired) electrons. The Bertz CT molecular complexity index is 1120. The Balaban J connectivity index is 1.42. The van der Waals surface area contributed by atoms with E-state index in [2.05, 4.69) is 18.8 Å². The van der Waals surface area contributed by atoms with Crippen LogP contribution >= 0.6 is 23.1 Å². The molecule has 2 bridgehead atoms. The zero-order valence-electron chi connectivity index (χ0n) is 15.8. The van der Waals surface area contributed by atoms with Crippen LogP contribution in [0.1, 0.15) is 25.1 Å². The zero-order chi connectivity index (χ0) is 20.2. The number of nitrogens with zero attached hydrogens (tertiary/aromatic N) is 1. The van der Waals surface area contributed by atoms with Gasteiger partial charge in [0.05, 0.1) is 22.5 Å². The van der Waals surface area contributed by atoms with E-state index in [1.54, 1.807) is 11.8 Å². The number of aromatic amines is 1. The molecule has 0 unspecified atom stereocenters. The molecule has 6 rings (SSSR count). The van der Waals surface area contributed by atoms with Crippen LogP contribution in [0.25, 0.3) is 0 Å². The summed E-state index contributed by atoms with van der Waals surface area (Å²) in [4.78, 5) is 43.9. The molecule has 2 amide bonds. The number of hydrogen-bond acceptors (Lipinski definition) is 5. The fraction of sp³-hybridized carbons (Fsp3) is 0.476. The number of carbonyl (C=O) groups is 2. The lowest BCUT2D eigenvalue weighted by Gasteiger charge is -2.47. The molecule has 1 saturated heterocycles. The molecule has 2 aliphatic heterocycles. The molecule has 3 fully saturated rings. The van der Waals surface area contributed by atoms with Crippen molar-refractivity contribution in [1.82, 2.24) is 4.98 Å². The fourth-order valence-electron chi connectivity index (χ4n) is 6.50. The van der Waals surface area contributed by atoms with Crippen LogP contribution < -0.4 is 9.77 Å². The van der Waals surface area contributed by atoms with Crippen molar-refractivity contribution >= 4 is 40.6 Å². The number of imide groups is 1. The van der Waals surface area contributed by atoms with Gasteiger partial charge in [0.15, 0.2) is 0 Å². The van der Waals surface area contributed by atoms with Gasteiger partial charge in [0, 0.05) is 15.5 Å². The molecule has 4 aliphatic rings. The number of hydrogen-bond donors (Lipinski definition) is 1. The van der Waals surface area contributed by atoms with Crippen LogP contribution in [0.2, 0.25) is 0 Å². The van der Waals surface area contributed by atoms with E-state index in [1.165, 1.54) is 40.5 Å². The first-order chi connectivity index (χ1) is 13.8. The molecule has 2 aromatic rings. The van der Waals surface area contributed by atoms with Crippen LogP contribution in [-0.2, 0) is 15.0 Å². The first-order valence-corrected chi connectivity index (χ1v) is 11.5. The Morgan fingerprint density at radius 2 is 1.72 bits per heavy atom. The van der Waals surface area contributed by atoms with E-state index in [1.807, 2.05) is 0 Å². The lowest BCUT2D eigenvalue weighted by molar-refractivity contribution is -0.123. The molecule has 0 spiro atoms. The van der Waals surface area contributed by atoms with Crippen molar-refractivity contribution in [1.29, 1.82) is 0 Å². The summed E-state index contributed by atoms with van der Waals surface area (Å²) in [6.45, 7) is 4.34. The third kappa shape index (κ3) is 2.14. The van der Waals surface area contributed by atoms with Gasteiger partial charge in [-0.15, -0.1) is 11.8 Å². The fourth-order valence-corrected chi connectivity index (χ4v) is 9.65. The van der Waals surface area contributed by atoms with E-state index in [-0.39, 0.29) is 56.9 Å². The number of H-pyrrole nitrogens is 1. The predicted molar refractivity (Wildman–Crippen MR) is 109 cm³/mol. The highest BCUT2D eigenvalue weighted by atomic mass is 32.2. The van der Waals surface area contributed by atoms with E-state index in [4.69, 9.17) is 0 Å². The van der Waals surface area contributed by atoms with Crippen LogP contribution in [0, 0.1) is 35.4 Å². The number of thiazole rings is 1. The summed E-state index contributed by atoms with van der Waals surface area (Å²) in [5.74, 6) is -0.806. The van der Waals surface area contributed by atoms with Gasteiger partial charge < -0.3 is 4.98 Å². The van der Waals surface area contributed by atoms with Crippen LogP contribution in [0.3, 0.4) is 0 Å². The minimum Gasteiger partial charge on any atom is -0.307 e. The summed E-state index contributed by atoms with van der Waals surface area (Å²) < 4.78 is 13.3. The molecular weight excluding hydrogens is 411 g/mol. The number of aromatic nitrogens is 1. The summed E-state index contributed by atoms with van der Waals surface area (Å²) in [5.41, 5.74) is 0.236. The van der Waals surface area contributed by atoms with Gasteiger partial charge in [-0.2, -0.15) is 0 Å². The van der Waals surface area contributed by atoms with Crippen molar-refractivity contribution in [3.8, 4) is 0 Å². The second-order valence-corrected chi connectivity index (χ2v) is 11.3. The van der Waals surface area contributed by atoms with Crippen molar-refractivity contribution in [2.75, 3.05) is 4.90 Å². The van der Waals surface area contributed by atoms with E-state index in [0.29, 0.717) is 5.69 Å². The van der Waals surface area contributed by atoms with Crippen LogP contribution in [0.15, 0.2) is 34.1 Å². The molecule has 3 heterocycles. The molecule has 5 nitrogen and oxygen atoms in total. The SMILES string of the molecule is CC1(C)c2sc(=O)[nH]c2S[C@@H]2[C@H]3C[C@@H]([C@H]4C(=O)N(c5ccc(F)cc5)C(=O)[C@H]34)[C@@H]21. The van der Waals surface area contributed by atoms with E-state index in [9.17, 15) is 18.8 Å². The normalized spacial score (nSPS) is 36.3. The number of halogens is 1. The minimum atomic E-state index is -0.391. The minimum absolute atomic E-state index is 0.0438. The van der Waals surface area contributed by atoms with Crippen LogP contribution in [-0.4, -0.2) is 22.0 Å². The van der Waals surface area contributed by atoms with Gasteiger partial charge in [-0.25, -0.2) is 4.39 Å². The average Bonchev–Trinajstić information content (AvgIpc) is 3.38. The monoisotopic (exact) mass is 430 g/mol. The summed E-state index contributed by atoms with van der Waals surface area (Å²) in [7, 11) is 0. The number of rotatable bonds is 1. The highest BCUT2D eigenvalue weighted by Crippen LogP contribution is 2.69. The highest BCUT2D eigenvalue weighted by molar-refractivity contribution is 8.00. The maximum Gasteiger partial charge on any atom is 0.305 e. The van der Waals surface area contributed by atoms with Crippen molar-refractivity contribution in [2.45, 2.75) is 36.0 Å². The Labute approximate surface area is 174 Å². The molecular formula is C21H19FN2O3S2. The Hall–Kier alpha value is -1.93. The van der Waals surface area contributed by atoms with Crippen molar-refractivity contribution in [3.05, 3.63) is 44.6 Å². The quantitative estimate of drug-likeness (QED) is 0.704. The van der Waals surface area contributed by atoms with Gasteiger partial charge in [-0.1, -0.05) is 25.2 Å². The second kappa shape index (κ2) is 5.60. The predicted octanol–water partition coefficient (Wildman–Crippen LogP) is 3.40. The third-order valence-electron chi connectivity index (χ3n) is 7.48. The lowest BCUT2D eigenvalue weighted by Crippen LogP contribution is -2.48. The van der Waals surface area contributed by atoms with Crippen LogP contribution in [0.5, 0.6) is 0 Å². The smallest absolute Gasteiger partial charge is 0.305 e. The van der Waals surface area contributed by atoms with Crippen molar-refractivity contribution < 1.29 is 14.0 Å². The highest BCUT2D eigenvalue weighted by Gasteiger charge is 2.70. The summed E-state index contributed by atoms with van der Waals surface area (Å²) in [6.07, 6.45) is 0.884. The average molecular weight is 431 g/mol. The topological polar surface area (TPSA) is 70.2 Å². The van der Waals surface area contributed by atoms with Crippen molar-refractivity contribution in [3.63, 3.8) is 0 Å². The summed E-state index contributed by atoms with van der Waals surface area (Å²) >= 11 is 2.96. The third-order valence-corrected chi connectivity index (χ3v) is 10.3. The lowest BCUT2D eigenvalue weighted by atomic mass is 9.64. The van der Waals surface area contributed by atoms with E-state index >= 15 is 0 Å². The molecule has 1 N–H and O–H groups in total. The van der Waals surface area contributed by atoms with Gasteiger partial charge in [-0.05, 0) is 48.4 Å². The second-order valence-electron chi connectivity index (χ2n) is 9.11. The zero-order valence-corrected chi connectivity index (χ0v) is 17.5. The Morgan fingerprint density at radius 1 is 1.07 bits per heavy atom. The van der Waals surface area contributed by atoms with Gasteiger partial charge in [0.25, 0.3) is 0 Å². The molecule has 2 saturated carbocycles. The molecule has 6 atom stereocenters. The maximum absolute atomic E-state index is 13.4. The number of anilines is 1. The summed E-state index contributed by atoms with van der Waals surface area (Å²) in [5, 5.41) is 1.15. The van der Waals surface area contributed by atoms with Crippen molar-refractivity contribution in [2.24, 2.45) is 29.6 Å². The number of nitrogens with one attached hydrogen (secondary N) is 1. The molecule has 1 aromatic heterocycles. The number of benzene rings is 1. The van der Waals surface area contributed by atoms with Crippen LogP contribution in [0.4, 0.5) is 10.1 Å². The molecule has 150 valence electrons. The van der Waals surface area contributed by atoms with E-state index in [0.717, 1.165) is 16.3 Å². The van der Waals surface area contributed by atoms with Gasteiger partial charge in [-0.3, -0.25) is 19.3 Å². The van der Waals surface area contributed by atoms with Gasteiger partial charge >= 0.3 is 4.87 Å². The Morgan fingerprint density at radius 3 is 2.41 bits per heavy atom. The Kier molecular flexibility index (Phi) is 3.46. The molecule has 1 aromatic carbocycles. The number of amides is 2. The van der Waals surface area contributed by atoms with Gasteiger partial charge in [0.1, 0.15) is 5.82 Å². The summed E-state index contributed by atoms with van der Waals surface area (Å²) in [6, 6.07) is 5.57. The molecule has 8 heteroatoms. The maximum atomic E-state index is 13.4. The molecule has 2 aliphatic carbocycles. The van der Waals surface area contributed by atoms with E-state index < -0.39 is 5.82 Å². The first kappa shape index (κ1) is 17.9. The van der Waals surface area contributed by atoms with Gasteiger partial charge in [0.2, 0.25) is 11.8 Å².